The molecule has 0 amide bonds. The van der Waals surface area contributed by atoms with Crippen molar-refractivity contribution in [1.29, 1.82) is 0 Å². The number of aliphatic hydroxyl groups is 1. The molecule has 1 saturated carbocycles. The Balaban J connectivity index is 1.91. The molecule has 1 atom stereocenters. The van der Waals surface area contributed by atoms with Crippen molar-refractivity contribution in [2.75, 3.05) is 13.1 Å². The van der Waals surface area contributed by atoms with Gasteiger partial charge in [0.2, 0.25) is 0 Å². The van der Waals surface area contributed by atoms with Gasteiger partial charge in [0.25, 0.3) is 0 Å². The lowest BCUT2D eigenvalue weighted by atomic mass is 9.92. The molecule has 0 radical (unpaired) electrons. The largest absolute Gasteiger partial charge is 0.390 e. The molecular weight excluding hydrogens is 126 g/mol. The van der Waals surface area contributed by atoms with Crippen molar-refractivity contribution >= 4 is 0 Å². The summed E-state index contributed by atoms with van der Waals surface area (Å²) in [6, 6.07) is 0. The normalized spacial score (nSPS) is 37.5. The summed E-state index contributed by atoms with van der Waals surface area (Å²) in [5, 5.41) is 13.0. The summed E-state index contributed by atoms with van der Waals surface area (Å²) in [7, 11) is 0. The fourth-order valence-electron chi connectivity index (χ4n) is 1.85. The van der Waals surface area contributed by atoms with Crippen LogP contribution in [0.3, 0.4) is 0 Å². The molecule has 58 valence electrons. The van der Waals surface area contributed by atoms with Crippen LogP contribution in [0.2, 0.25) is 0 Å². The lowest BCUT2D eigenvalue weighted by molar-refractivity contribution is 0.0677. The third kappa shape index (κ3) is 1.06. The van der Waals surface area contributed by atoms with Crippen molar-refractivity contribution < 1.29 is 5.11 Å². The van der Waals surface area contributed by atoms with Gasteiger partial charge in [-0.3, -0.25) is 0 Å². The highest BCUT2D eigenvalue weighted by Crippen LogP contribution is 2.44. The maximum absolute atomic E-state index is 9.71. The summed E-state index contributed by atoms with van der Waals surface area (Å²) >= 11 is 0. The molecule has 1 saturated heterocycles. The predicted octanol–water partition coefficient (Wildman–Crippen LogP) is 0.511. The highest BCUT2D eigenvalue weighted by Gasteiger charge is 2.47. The topological polar surface area (TPSA) is 32.3 Å². The van der Waals surface area contributed by atoms with E-state index in [1.165, 1.54) is 12.8 Å². The molecule has 0 unspecified atom stereocenters. The van der Waals surface area contributed by atoms with Crippen LogP contribution in [0.15, 0.2) is 0 Å². The molecular formula is C8H15NO. The van der Waals surface area contributed by atoms with Gasteiger partial charge in [0.05, 0.1) is 5.60 Å². The third-order valence-electron chi connectivity index (χ3n) is 2.82. The minimum Gasteiger partial charge on any atom is -0.390 e. The molecule has 0 aromatic rings. The molecule has 2 nitrogen and oxygen atoms in total. The fourth-order valence-corrected chi connectivity index (χ4v) is 1.85. The standard InChI is InChI=1S/C8H15NO/c10-8(3-4-8)7-2-1-5-9-6-7/h7,9-10H,1-6H2/t7-/m0/s1. The molecule has 1 aliphatic carbocycles. The van der Waals surface area contributed by atoms with Crippen LogP contribution in [0, 0.1) is 5.92 Å². The van der Waals surface area contributed by atoms with Gasteiger partial charge in [-0.15, -0.1) is 0 Å². The predicted molar refractivity (Wildman–Crippen MR) is 39.8 cm³/mol. The minimum atomic E-state index is -0.243. The monoisotopic (exact) mass is 141 g/mol. The maximum atomic E-state index is 9.71. The Morgan fingerprint density at radius 1 is 1.40 bits per heavy atom. The molecule has 2 fully saturated rings. The van der Waals surface area contributed by atoms with Gasteiger partial charge in [0, 0.05) is 12.5 Å². The van der Waals surface area contributed by atoms with E-state index < -0.39 is 0 Å². The van der Waals surface area contributed by atoms with Gasteiger partial charge in [0.1, 0.15) is 0 Å². The van der Waals surface area contributed by atoms with Crippen molar-refractivity contribution in [2.24, 2.45) is 5.92 Å². The lowest BCUT2D eigenvalue weighted by Gasteiger charge is -2.26. The van der Waals surface area contributed by atoms with E-state index in [2.05, 4.69) is 5.32 Å². The van der Waals surface area contributed by atoms with Gasteiger partial charge >= 0.3 is 0 Å². The van der Waals surface area contributed by atoms with Crippen LogP contribution in [0.5, 0.6) is 0 Å². The number of hydrogen-bond acceptors (Lipinski definition) is 2. The first-order valence-electron chi connectivity index (χ1n) is 4.24. The van der Waals surface area contributed by atoms with Crippen molar-refractivity contribution in [3.05, 3.63) is 0 Å². The lowest BCUT2D eigenvalue weighted by Crippen LogP contribution is -2.37. The quantitative estimate of drug-likeness (QED) is 0.557. The third-order valence-corrected chi connectivity index (χ3v) is 2.82. The van der Waals surface area contributed by atoms with Crippen LogP contribution < -0.4 is 5.32 Å². The van der Waals surface area contributed by atoms with Crippen molar-refractivity contribution in [2.45, 2.75) is 31.3 Å². The van der Waals surface area contributed by atoms with Gasteiger partial charge in [-0.2, -0.15) is 0 Å². The van der Waals surface area contributed by atoms with Crippen molar-refractivity contribution in [3.8, 4) is 0 Å². The van der Waals surface area contributed by atoms with Crippen LogP contribution in [0.25, 0.3) is 0 Å². The average Bonchev–Trinajstić information content (AvgIpc) is 2.72. The van der Waals surface area contributed by atoms with Crippen LogP contribution in [-0.4, -0.2) is 23.8 Å². The molecule has 2 aliphatic rings. The number of hydrogen-bond donors (Lipinski definition) is 2. The van der Waals surface area contributed by atoms with E-state index >= 15 is 0 Å². The average molecular weight is 141 g/mol. The smallest absolute Gasteiger partial charge is 0.0690 e. The minimum absolute atomic E-state index is 0.243. The molecule has 0 bridgehead atoms. The van der Waals surface area contributed by atoms with Gasteiger partial charge in [-0.25, -0.2) is 0 Å². The molecule has 2 rings (SSSR count). The van der Waals surface area contributed by atoms with E-state index in [9.17, 15) is 5.11 Å². The van der Waals surface area contributed by atoms with Crippen molar-refractivity contribution in [1.82, 2.24) is 5.32 Å². The Labute approximate surface area is 61.6 Å². The Kier molecular flexibility index (Phi) is 1.46. The zero-order chi connectivity index (χ0) is 7.03. The molecule has 0 spiro atoms. The number of nitrogens with one attached hydrogen (secondary N) is 1. The van der Waals surface area contributed by atoms with Gasteiger partial charge < -0.3 is 10.4 Å². The summed E-state index contributed by atoms with van der Waals surface area (Å²) in [6.45, 7) is 2.18. The van der Waals surface area contributed by atoms with Crippen LogP contribution in [-0.2, 0) is 0 Å². The molecule has 10 heavy (non-hydrogen) atoms. The summed E-state index contributed by atoms with van der Waals surface area (Å²) in [6.07, 6.45) is 4.55. The Morgan fingerprint density at radius 3 is 2.70 bits per heavy atom. The first kappa shape index (κ1) is 6.62. The fraction of sp³-hybridized carbons (Fsp3) is 1.00. The van der Waals surface area contributed by atoms with E-state index in [1.54, 1.807) is 0 Å². The highest BCUT2D eigenvalue weighted by atomic mass is 16.3. The zero-order valence-electron chi connectivity index (χ0n) is 6.27. The van der Waals surface area contributed by atoms with E-state index in [0.717, 1.165) is 25.9 Å². The van der Waals surface area contributed by atoms with Gasteiger partial charge in [0.15, 0.2) is 0 Å². The van der Waals surface area contributed by atoms with E-state index in [-0.39, 0.29) is 5.60 Å². The first-order valence-corrected chi connectivity index (χ1v) is 4.24. The second-order valence-electron chi connectivity index (χ2n) is 3.65. The SMILES string of the molecule is OC1([C@H]2CCCNC2)CC1. The Bertz CT molecular complexity index is 125. The molecule has 2 N–H and O–H groups in total. The van der Waals surface area contributed by atoms with Gasteiger partial charge in [-0.05, 0) is 32.2 Å². The first-order chi connectivity index (χ1) is 4.81. The van der Waals surface area contributed by atoms with E-state index in [1.807, 2.05) is 0 Å². The highest BCUT2D eigenvalue weighted by molar-refractivity contribution is 5.00. The van der Waals surface area contributed by atoms with E-state index in [0.29, 0.717) is 5.92 Å². The van der Waals surface area contributed by atoms with Crippen LogP contribution >= 0.6 is 0 Å². The van der Waals surface area contributed by atoms with Gasteiger partial charge in [-0.1, -0.05) is 0 Å². The molecule has 0 aromatic carbocycles. The Morgan fingerprint density at radius 2 is 2.20 bits per heavy atom. The molecule has 1 aliphatic heterocycles. The summed E-state index contributed by atoms with van der Waals surface area (Å²) in [5.41, 5.74) is -0.243. The molecule has 2 heteroatoms. The van der Waals surface area contributed by atoms with Crippen LogP contribution in [0.1, 0.15) is 25.7 Å². The second kappa shape index (κ2) is 2.21. The molecule has 0 aromatic heterocycles. The number of rotatable bonds is 1. The Hall–Kier alpha value is -0.0800. The maximum Gasteiger partial charge on any atom is 0.0690 e. The second-order valence-corrected chi connectivity index (χ2v) is 3.65. The van der Waals surface area contributed by atoms with Crippen LogP contribution in [0.4, 0.5) is 0 Å². The zero-order valence-corrected chi connectivity index (χ0v) is 6.27. The summed E-state index contributed by atoms with van der Waals surface area (Å²) in [4.78, 5) is 0. The number of piperidine rings is 1. The summed E-state index contributed by atoms with van der Waals surface area (Å²) in [5.74, 6) is 0.557. The van der Waals surface area contributed by atoms with E-state index in [4.69, 9.17) is 0 Å². The summed E-state index contributed by atoms with van der Waals surface area (Å²) < 4.78 is 0. The van der Waals surface area contributed by atoms with Crippen molar-refractivity contribution in [3.63, 3.8) is 0 Å². The molecule has 1 heterocycles.